The topological polar surface area (TPSA) is 15.3 Å². The van der Waals surface area contributed by atoms with E-state index in [0.29, 0.717) is 11.5 Å². The first-order chi connectivity index (χ1) is 7.65. The van der Waals surface area contributed by atoms with Crippen molar-refractivity contribution in [1.82, 2.24) is 10.2 Å². The highest BCUT2D eigenvalue weighted by Crippen LogP contribution is 2.40. The third-order valence-corrected chi connectivity index (χ3v) is 4.73. The summed E-state index contributed by atoms with van der Waals surface area (Å²) in [6.07, 6.45) is 8.46. The predicted molar refractivity (Wildman–Crippen MR) is 69.7 cm³/mol. The van der Waals surface area contributed by atoms with Gasteiger partial charge < -0.3 is 5.32 Å². The predicted octanol–water partition coefficient (Wildman–Crippen LogP) is 2.64. The third kappa shape index (κ3) is 2.43. The lowest BCUT2D eigenvalue weighted by Gasteiger charge is -2.36. The quantitative estimate of drug-likeness (QED) is 0.776. The molecule has 2 fully saturated rings. The molecule has 0 aromatic rings. The van der Waals surface area contributed by atoms with Gasteiger partial charge in [0.15, 0.2) is 0 Å². The van der Waals surface area contributed by atoms with Crippen LogP contribution in [0.4, 0.5) is 0 Å². The summed E-state index contributed by atoms with van der Waals surface area (Å²) in [7, 11) is 2.14. The minimum atomic E-state index is 0.478. The van der Waals surface area contributed by atoms with Crippen LogP contribution in [0.5, 0.6) is 0 Å². The smallest absolute Gasteiger partial charge is 0.0271 e. The van der Waals surface area contributed by atoms with Crippen molar-refractivity contribution in [3.63, 3.8) is 0 Å². The average molecular weight is 224 g/mol. The number of nitrogens with one attached hydrogen (secondary N) is 1. The Morgan fingerprint density at radius 2 is 1.69 bits per heavy atom. The summed E-state index contributed by atoms with van der Waals surface area (Å²) in [6, 6.07) is 1.48. The van der Waals surface area contributed by atoms with Crippen LogP contribution in [0.25, 0.3) is 0 Å². The molecule has 1 saturated carbocycles. The van der Waals surface area contributed by atoms with Crippen LogP contribution in [0.15, 0.2) is 0 Å². The van der Waals surface area contributed by atoms with E-state index in [-0.39, 0.29) is 0 Å². The largest absolute Gasteiger partial charge is 0.315 e. The van der Waals surface area contributed by atoms with Crippen LogP contribution >= 0.6 is 0 Å². The van der Waals surface area contributed by atoms with Crippen LogP contribution in [0.3, 0.4) is 0 Å². The zero-order chi connectivity index (χ0) is 11.6. The van der Waals surface area contributed by atoms with Gasteiger partial charge in [-0.25, -0.2) is 0 Å². The summed E-state index contributed by atoms with van der Waals surface area (Å²) < 4.78 is 0. The van der Waals surface area contributed by atoms with E-state index in [2.05, 4.69) is 31.1 Å². The molecule has 2 heteroatoms. The summed E-state index contributed by atoms with van der Waals surface area (Å²) in [4.78, 5) is 2.77. The molecule has 0 aromatic carbocycles. The van der Waals surface area contributed by atoms with Crippen LogP contribution in [-0.4, -0.2) is 37.1 Å². The molecule has 0 spiro atoms. The fourth-order valence-electron chi connectivity index (χ4n) is 3.77. The van der Waals surface area contributed by atoms with Crippen molar-refractivity contribution in [1.29, 1.82) is 0 Å². The Labute approximate surface area is 101 Å². The van der Waals surface area contributed by atoms with Crippen molar-refractivity contribution in [3.8, 4) is 0 Å². The molecule has 1 N–H and O–H groups in total. The second-order valence-corrected chi connectivity index (χ2v) is 6.31. The van der Waals surface area contributed by atoms with E-state index < -0.39 is 0 Å². The molecule has 2 nitrogen and oxygen atoms in total. The maximum absolute atomic E-state index is 3.58. The van der Waals surface area contributed by atoms with Gasteiger partial charge in [0.2, 0.25) is 0 Å². The van der Waals surface area contributed by atoms with E-state index >= 15 is 0 Å². The van der Waals surface area contributed by atoms with E-state index in [1.165, 1.54) is 51.6 Å². The van der Waals surface area contributed by atoms with E-state index in [1.807, 2.05) is 0 Å². The second kappa shape index (κ2) is 5.05. The number of hydrogen-bond acceptors (Lipinski definition) is 2. The molecule has 0 bridgehead atoms. The van der Waals surface area contributed by atoms with Crippen molar-refractivity contribution in [2.24, 2.45) is 5.41 Å². The number of hydrogen-bond donors (Lipinski definition) is 1. The van der Waals surface area contributed by atoms with Gasteiger partial charge in [0.1, 0.15) is 0 Å². The van der Waals surface area contributed by atoms with E-state index in [0.717, 1.165) is 6.04 Å². The number of likely N-dealkylation sites (tertiary alicyclic amines) is 1. The molecule has 2 atom stereocenters. The Morgan fingerprint density at radius 1 is 1.06 bits per heavy atom. The molecular weight excluding hydrogens is 196 g/mol. The fourth-order valence-corrected chi connectivity index (χ4v) is 3.77. The monoisotopic (exact) mass is 224 g/mol. The molecule has 2 aliphatic rings. The Kier molecular flexibility index (Phi) is 3.91. The van der Waals surface area contributed by atoms with E-state index in [9.17, 15) is 0 Å². The highest BCUT2D eigenvalue weighted by atomic mass is 15.2. The Hall–Kier alpha value is -0.0800. The summed E-state index contributed by atoms with van der Waals surface area (Å²) in [5.41, 5.74) is 0.478. The summed E-state index contributed by atoms with van der Waals surface area (Å²) in [5.74, 6) is 0. The Balaban J connectivity index is 2.02. The van der Waals surface area contributed by atoms with Gasteiger partial charge in [0, 0.05) is 12.1 Å². The van der Waals surface area contributed by atoms with Crippen molar-refractivity contribution in [3.05, 3.63) is 0 Å². The maximum atomic E-state index is 3.58. The van der Waals surface area contributed by atoms with Gasteiger partial charge >= 0.3 is 0 Å². The normalized spacial score (nSPS) is 36.2. The highest BCUT2D eigenvalue weighted by Gasteiger charge is 2.43. The number of rotatable bonds is 2. The molecule has 0 amide bonds. The minimum Gasteiger partial charge on any atom is -0.315 e. The van der Waals surface area contributed by atoms with Gasteiger partial charge in [-0.2, -0.15) is 0 Å². The highest BCUT2D eigenvalue weighted by molar-refractivity contribution is 5.00. The molecule has 2 unspecified atom stereocenters. The van der Waals surface area contributed by atoms with Crippen LogP contribution < -0.4 is 5.32 Å². The zero-order valence-corrected chi connectivity index (χ0v) is 11.3. The molecule has 16 heavy (non-hydrogen) atoms. The van der Waals surface area contributed by atoms with Crippen LogP contribution in [0, 0.1) is 5.41 Å². The molecule has 0 aromatic heterocycles. The molecular formula is C14H28N2. The van der Waals surface area contributed by atoms with Crippen molar-refractivity contribution >= 4 is 0 Å². The zero-order valence-electron chi connectivity index (χ0n) is 11.3. The van der Waals surface area contributed by atoms with Crippen LogP contribution in [0.1, 0.15) is 52.4 Å². The van der Waals surface area contributed by atoms with E-state index in [1.54, 1.807) is 0 Å². The lowest BCUT2D eigenvalue weighted by molar-refractivity contribution is 0.153. The minimum absolute atomic E-state index is 0.478. The molecule has 0 radical (unpaired) electrons. The van der Waals surface area contributed by atoms with Crippen molar-refractivity contribution < 1.29 is 0 Å². The van der Waals surface area contributed by atoms with E-state index in [4.69, 9.17) is 0 Å². The molecule has 1 aliphatic heterocycles. The lowest BCUT2D eigenvalue weighted by Crippen LogP contribution is -2.50. The van der Waals surface area contributed by atoms with Gasteiger partial charge in [-0.15, -0.1) is 0 Å². The first kappa shape index (κ1) is 12.4. The van der Waals surface area contributed by atoms with Crippen molar-refractivity contribution in [2.75, 3.05) is 20.1 Å². The first-order valence-corrected chi connectivity index (χ1v) is 7.06. The van der Waals surface area contributed by atoms with Gasteiger partial charge in [0.25, 0.3) is 0 Å². The van der Waals surface area contributed by atoms with Crippen molar-refractivity contribution in [2.45, 2.75) is 64.5 Å². The van der Waals surface area contributed by atoms with Gasteiger partial charge in [0.05, 0.1) is 0 Å². The average Bonchev–Trinajstić information content (AvgIpc) is 2.46. The molecule has 1 saturated heterocycles. The van der Waals surface area contributed by atoms with Crippen LogP contribution in [0.2, 0.25) is 0 Å². The van der Waals surface area contributed by atoms with Gasteiger partial charge in [-0.1, -0.05) is 26.7 Å². The second-order valence-electron chi connectivity index (χ2n) is 6.31. The first-order valence-electron chi connectivity index (χ1n) is 7.06. The summed E-state index contributed by atoms with van der Waals surface area (Å²) in [6.45, 7) is 7.51. The SMILES string of the molecule is CNC1C(N2CCCCCC2)CCC1(C)C. The number of nitrogens with zero attached hydrogens (tertiary/aromatic N) is 1. The van der Waals surface area contributed by atoms with Gasteiger partial charge in [-0.05, 0) is 51.2 Å². The Bertz CT molecular complexity index is 217. The standard InChI is InChI=1S/C14H28N2/c1-14(2)9-8-12(13(14)15-3)16-10-6-4-5-7-11-16/h12-13,15H,4-11H2,1-3H3. The molecule has 1 heterocycles. The summed E-state index contributed by atoms with van der Waals surface area (Å²) >= 11 is 0. The van der Waals surface area contributed by atoms with Crippen LogP contribution in [-0.2, 0) is 0 Å². The summed E-state index contributed by atoms with van der Waals surface area (Å²) in [5, 5.41) is 3.58. The molecule has 1 aliphatic carbocycles. The number of likely N-dealkylation sites (N-methyl/N-ethyl adjacent to an activating group) is 1. The maximum Gasteiger partial charge on any atom is 0.0271 e. The molecule has 94 valence electrons. The fraction of sp³-hybridized carbons (Fsp3) is 1.00. The lowest BCUT2D eigenvalue weighted by atomic mass is 9.86. The third-order valence-electron chi connectivity index (χ3n) is 4.73. The Morgan fingerprint density at radius 3 is 2.25 bits per heavy atom. The molecule has 2 rings (SSSR count). The van der Waals surface area contributed by atoms with Gasteiger partial charge in [-0.3, -0.25) is 4.90 Å².